The lowest BCUT2D eigenvalue weighted by atomic mass is 10.2. The van der Waals surface area contributed by atoms with Crippen molar-refractivity contribution in [2.24, 2.45) is 5.10 Å². The van der Waals surface area contributed by atoms with Crippen molar-refractivity contribution in [2.75, 3.05) is 6.61 Å². The van der Waals surface area contributed by atoms with Crippen molar-refractivity contribution in [1.29, 1.82) is 0 Å². The van der Waals surface area contributed by atoms with E-state index in [-0.39, 0.29) is 5.75 Å². The van der Waals surface area contributed by atoms with Crippen molar-refractivity contribution < 1.29 is 28.5 Å². The fraction of sp³-hybridized carbons (Fsp3) is 0.156. The van der Waals surface area contributed by atoms with Gasteiger partial charge in [0.05, 0.1) is 18.4 Å². The number of hydrogen-bond acceptors (Lipinski definition) is 7. The second kappa shape index (κ2) is 14.5. The molecule has 210 valence electrons. The number of ether oxygens (including phenoxy) is 4. The maximum absolute atomic E-state index is 12.5. The van der Waals surface area contributed by atoms with Gasteiger partial charge in [-0.05, 0) is 91.7 Å². The number of hydrazone groups is 1. The number of benzene rings is 4. The third-order valence-corrected chi connectivity index (χ3v) is 5.94. The van der Waals surface area contributed by atoms with Gasteiger partial charge in [0.2, 0.25) is 0 Å². The number of hydrogen-bond donors (Lipinski definition) is 1. The van der Waals surface area contributed by atoms with Crippen LogP contribution in [0.3, 0.4) is 0 Å². The highest BCUT2D eigenvalue weighted by Gasteiger charge is 2.15. The molecule has 4 aromatic carbocycles. The maximum atomic E-state index is 12.5. The number of esters is 1. The molecule has 8 nitrogen and oxygen atoms in total. The van der Waals surface area contributed by atoms with Gasteiger partial charge in [-0.15, -0.1) is 0 Å². The van der Waals surface area contributed by atoms with E-state index in [0.29, 0.717) is 46.6 Å². The Morgan fingerprint density at radius 3 is 2.29 bits per heavy atom. The van der Waals surface area contributed by atoms with E-state index >= 15 is 0 Å². The van der Waals surface area contributed by atoms with Gasteiger partial charge >= 0.3 is 5.97 Å². The van der Waals surface area contributed by atoms with Crippen LogP contribution in [0.15, 0.2) is 102 Å². The molecule has 0 unspecified atom stereocenters. The number of halogens is 1. The van der Waals surface area contributed by atoms with Gasteiger partial charge in [-0.2, -0.15) is 5.10 Å². The third kappa shape index (κ3) is 8.84. The largest absolute Gasteiger partial charge is 0.490 e. The molecule has 0 radical (unpaired) electrons. The highest BCUT2D eigenvalue weighted by atomic mass is 35.5. The Bertz CT molecular complexity index is 1470. The summed E-state index contributed by atoms with van der Waals surface area (Å²) in [5, 5.41) is 4.54. The molecule has 0 spiro atoms. The minimum absolute atomic E-state index is 0.256. The number of nitrogens with one attached hydrogen (secondary N) is 1. The maximum Gasteiger partial charge on any atom is 0.343 e. The van der Waals surface area contributed by atoms with E-state index in [9.17, 15) is 9.59 Å². The Morgan fingerprint density at radius 1 is 0.878 bits per heavy atom. The van der Waals surface area contributed by atoms with E-state index < -0.39 is 18.0 Å². The summed E-state index contributed by atoms with van der Waals surface area (Å²) < 4.78 is 22.6. The second-order valence-electron chi connectivity index (χ2n) is 8.78. The molecule has 0 fully saturated rings. The molecule has 0 saturated carbocycles. The summed E-state index contributed by atoms with van der Waals surface area (Å²) in [6.07, 6.45) is 0.661. The van der Waals surface area contributed by atoms with Gasteiger partial charge in [-0.3, -0.25) is 4.79 Å². The summed E-state index contributed by atoms with van der Waals surface area (Å²) in [7, 11) is 0. The fourth-order valence-corrected chi connectivity index (χ4v) is 3.70. The summed E-state index contributed by atoms with van der Waals surface area (Å²) in [5.74, 6) is 0.863. The number of amides is 1. The molecule has 0 heterocycles. The van der Waals surface area contributed by atoms with Crippen LogP contribution in [0, 0.1) is 0 Å². The molecular weight excluding hydrogens is 544 g/mol. The SMILES string of the molecule is CCOc1cc(/C=N\NC(=O)[C@H](C)Oc2ccc(OCc3ccccc3)cc2)ccc1OC(=O)c1ccc(Cl)cc1. The van der Waals surface area contributed by atoms with Crippen LogP contribution in [-0.2, 0) is 11.4 Å². The van der Waals surface area contributed by atoms with Crippen molar-refractivity contribution in [3.63, 3.8) is 0 Å². The van der Waals surface area contributed by atoms with Crippen LogP contribution in [0.2, 0.25) is 5.02 Å². The summed E-state index contributed by atoms with van der Waals surface area (Å²) >= 11 is 5.88. The lowest BCUT2D eigenvalue weighted by Gasteiger charge is -2.14. The molecule has 4 rings (SSSR count). The first kappa shape index (κ1) is 29.2. The lowest BCUT2D eigenvalue weighted by molar-refractivity contribution is -0.127. The van der Waals surface area contributed by atoms with Gasteiger partial charge in [-0.1, -0.05) is 41.9 Å². The zero-order chi connectivity index (χ0) is 29.0. The molecule has 1 atom stereocenters. The molecule has 1 N–H and O–H groups in total. The monoisotopic (exact) mass is 572 g/mol. The van der Waals surface area contributed by atoms with Crippen molar-refractivity contribution in [3.05, 3.63) is 119 Å². The molecule has 0 aliphatic heterocycles. The number of rotatable bonds is 12. The highest BCUT2D eigenvalue weighted by molar-refractivity contribution is 6.30. The molecule has 41 heavy (non-hydrogen) atoms. The first-order valence-electron chi connectivity index (χ1n) is 12.9. The quantitative estimate of drug-likeness (QED) is 0.0906. The molecule has 0 aliphatic carbocycles. The van der Waals surface area contributed by atoms with Crippen LogP contribution in [0.5, 0.6) is 23.0 Å². The molecule has 1 amide bonds. The minimum Gasteiger partial charge on any atom is -0.490 e. The van der Waals surface area contributed by atoms with E-state index in [2.05, 4.69) is 10.5 Å². The predicted molar refractivity (Wildman–Crippen MR) is 157 cm³/mol. The van der Waals surface area contributed by atoms with Crippen molar-refractivity contribution in [1.82, 2.24) is 5.43 Å². The van der Waals surface area contributed by atoms with Crippen LogP contribution in [0.1, 0.15) is 35.3 Å². The highest BCUT2D eigenvalue weighted by Crippen LogP contribution is 2.29. The number of nitrogens with zero attached hydrogens (tertiary/aromatic N) is 1. The van der Waals surface area contributed by atoms with Crippen molar-refractivity contribution in [2.45, 2.75) is 26.6 Å². The van der Waals surface area contributed by atoms with Crippen molar-refractivity contribution >= 4 is 29.7 Å². The van der Waals surface area contributed by atoms with Gasteiger partial charge < -0.3 is 18.9 Å². The van der Waals surface area contributed by atoms with E-state index in [1.807, 2.05) is 37.3 Å². The van der Waals surface area contributed by atoms with Gasteiger partial charge in [-0.25, -0.2) is 10.2 Å². The standard InChI is InChI=1S/C32H29ClN2O6/c1-3-38-30-19-24(9-18-29(30)41-32(37)25-10-12-26(33)13-11-25)20-34-35-31(36)22(2)40-28-16-14-27(15-17-28)39-21-23-7-5-4-6-8-23/h4-20,22H,3,21H2,1-2H3,(H,35,36)/b34-20-/t22-/m0/s1. The van der Waals surface area contributed by atoms with Crippen LogP contribution < -0.4 is 24.4 Å². The second-order valence-corrected chi connectivity index (χ2v) is 9.21. The van der Waals surface area contributed by atoms with Gasteiger partial charge in [0.1, 0.15) is 18.1 Å². The van der Waals surface area contributed by atoms with E-state index in [1.54, 1.807) is 73.7 Å². The summed E-state index contributed by atoms with van der Waals surface area (Å²) in [4.78, 5) is 25.0. The third-order valence-electron chi connectivity index (χ3n) is 5.69. The van der Waals surface area contributed by atoms with Gasteiger partial charge in [0, 0.05) is 5.02 Å². The van der Waals surface area contributed by atoms with Crippen molar-refractivity contribution in [3.8, 4) is 23.0 Å². The summed E-state index contributed by atoms with van der Waals surface area (Å²) in [6.45, 7) is 4.26. The smallest absolute Gasteiger partial charge is 0.343 e. The fourth-order valence-electron chi connectivity index (χ4n) is 3.58. The average Bonchev–Trinajstić information content (AvgIpc) is 2.99. The van der Waals surface area contributed by atoms with E-state index in [1.165, 1.54) is 6.21 Å². The van der Waals surface area contributed by atoms with Crippen LogP contribution in [-0.4, -0.2) is 30.8 Å². The molecule has 0 aromatic heterocycles. The van der Waals surface area contributed by atoms with E-state index in [4.69, 9.17) is 30.5 Å². The Hall–Kier alpha value is -4.82. The molecule has 0 bridgehead atoms. The molecule has 9 heteroatoms. The van der Waals surface area contributed by atoms with E-state index in [0.717, 1.165) is 5.56 Å². The first-order chi connectivity index (χ1) is 19.9. The Labute approximate surface area is 243 Å². The normalized spacial score (nSPS) is 11.5. The Kier molecular flexibility index (Phi) is 10.3. The molecule has 0 saturated heterocycles. The predicted octanol–water partition coefficient (Wildman–Crippen LogP) is 6.45. The number of carbonyl (C=O) groups excluding carboxylic acids is 2. The topological polar surface area (TPSA) is 95.5 Å². The van der Waals surface area contributed by atoms with Gasteiger partial charge in [0.25, 0.3) is 5.91 Å². The van der Waals surface area contributed by atoms with Crippen LogP contribution in [0.25, 0.3) is 0 Å². The molecule has 0 aliphatic rings. The Morgan fingerprint density at radius 2 is 1.59 bits per heavy atom. The number of carbonyl (C=O) groups is 2. The first-order valence-corrected chi connectivity index (χ1v) is 13.3. The zero-order valence-corrected chi connectivity index (χ0v) is 23.3. The zero-order valence-electron chi connectivity index (χ0n) is 22.6. The van der Waals surface area contributed by atoms with Crippen LogP contribution >= 0.6 is 11.6 Å². The van der Waals surface area contributed by atoms with Crippen LogP contribution in [0.4, 0.5) is 0 Å². The molecular formula is C32H29ClN2O6. The minimum atomic E-state index is -0.795. The Balaban J connectivity index is 1.29. The summed E-state index contributed by atoms with van der Waals surface area (Å²) in [5.41, 5.74) is 4.52. The lowest BCUT2D eigenvalue weighted by Crippen LogP contribution is -2.33. The van der Waals surface area contributed by atoms with Gasteiger partial charge in [0.15, 0.2) is 17.6 Å². The average molecular weight is 573 g/mol. The molecule has 4 aromatic rings. The summed E-state index contributed by atoms with van der Waals surface area (Å²) in [6, 6.07) is 28.2.